The fraction of sp³-hybridized carbons (Fsp3) is 0.176. The summed E-state index contributed by atoms with van der Waals surface area (Å²) in [4.78, 5) is 11.8. The maximum Gasteiger partial charge on any atom is 0.510 e. The van der Waals surface area contributed by atoms with Crippen molar-refractivity contribution in [3.8, 4) is 6.07 Å². The molecule has 0 aliphatic carbocycles. The molecule has 0 aromatic heterocycles. The maximum atomic E-state index is 11.8. The van der Waals surface area contributed by atoms with Gasteiger partial charge in [-0.05, 0) is 12.5 Å². The van der Waals surface area contributed by atoms with Crippen molar-refractivity contribution in [1.82, 2.24) is 0 Å². The maximum absolute atomic E-state index is 11.8. The van der Waals surface area contributed by atoms with Crippen LogP contribution in [-0.2, 0) is 9.47 Å². The van der Waals surface area contributed by atoms with E-state index < -0.39 is 18.4 Å². The van der Waals surface area contributed by atoms with Crippen molar-refractivity contribution >= 4 is 6.16 Å². The highest BCUT2D eigenvalue weighted by Gasteiger charge is 2.19. The molecule has 0 saturated carbocycles. The van der Waals surface area contributed by atoms with Gasteiger partial charge in [0.1, 0.15) is 12.2 Å². The third-order valence-corrected chi connectivity index (χ3v) is 2.98. The molecule has 4 nitrogen and oxygen atoms in total. The normalized spacial score (nSPS) is 12.8. The van der Waals surface area contributed by atoms with E-state index >= 15 is 0 Å². The molecule has 0 heterocycles. The average Bonchev–Trinajstić information content (AvgIpc) is 2.54. The number of nitriles is 1. The molecular weight excluding hydrogens is 266 g/mol. The monoisotopic (exact) mass is 281 g/mol. The Balaban J connectivity index is 1.97. The molecule has 0 fully saturated rings. The van der Waals surface area contributed by atoms with E-state index in [0.29, 0.717) is 5.56 Å². The van der Waals surface area contributed by atoms with Gasteiger partial charge in [-0.1, -0.05) is 60.7 Å². The van der Waals surface area contributed by atoms with Gasteiger partial charge < -0.3 is 9.47 Å². The van der Waals surface area contributed by atoms with Crippen molar-refractivity contribution in [1.29, 1.82) is 5.26 Å². The van der Waals surface area contributed by atoms with E-state index in [0.717, 1.165) is 5.56 Å². The lowest BCUT2D eigenvalue weighted by molar-refractivity contribution is 0.0147. The van der Waals surface area contributed by atoms with Gasteiger partial charge >= 0.3 is 6.16 Å². The highest BCUT2D eigenvalue weighted by molar-refractivity contribution is 5.61. The fourth-order valence-corrected chi connectivity index (χ4v) is 1.86. The molecule has 0 N–H and O–H groups in total. The van der Waals surface area contributed by atoms with Crippen molar-refractivity contribution in [2.24, 2.45) is 0 Å². The molecule has 2 aromatic carbocycles. The van der Waals surface area contributed by atoms with Crippen LogP contribution in [-0.4, -0.2) is 6.16 Å². The Bertz CT molecular complexity index is 619. The Morgan fingerprint density at radius 2 is 1.48 bits per heavy atom. The summed E-state index contributed by atoms with van der Waals surface area (Å²) in [6, 6.07) is 20.1. The predicted molar refractivity (Wildman–Crippen MR) is 77.2 cm³/mol. The smallest absolute Gasteiger partial charge is 0.426 e. The van der Waals surface area contributed by atoms with Crippen molar-refractivity contribution in [2.45, 2.75) is 19.1 Å². The number of ether oxygens (including phenoxy) is 2. The summed E-state index contributed by atoms with van der Waals surface area (Å²) in [5, 5.41) is 9.10. The van der Waals surface area contributed by atoms with E-state index in [9.17, 15) is 4.79 Å². The highest BCUT2D eigenvalue weighted by Crippen LogP contribution is 2.20. The quantitative estimate of drug-likeness (QED) is 0.789. The number of hydrogen-bond donors (Lipinski definition) is 0. The lowest BCUT2D eigenvalue weighted by Gasteiger charge is -2.15. The van der Waals surface area contributed by atoms with Crippen LogP contribution >= 0.6 is 0 Å². The zero-order valence-electron chi connectivity index (χ0n) is 11.6. The molecule has 0 unspecified atom stereocenters. The summed E-state index contributed by atoms with van der Waals surface area (Å²) in [5.74, 6) is 0. The van der Waals surface area contributed by atoms with Crippen LogP contribution < -0.4 is 0 Å². The summed E-state index contributed by atoms with van der Waals surface area (Å²) in [7, 11) is 0. The lowest BCUT2D eigenvalue weighted by atomic mass is 10.1. The molecule has 0 aliphatic rings. The standard InChI is InChI=1S/C17H15NO3/c1-13(14-8-4-2-5-9-14)20-17(19)21-16(12-18)15-10-6-3-7-11-15/h2-11,13,16H,1H3/t13-,16+/m1/s1. The van der Waals surface area contributed by atoms with Crippen molar-refractivity contribution in [3.63, 3.8) is 0 Å². The van der Waals surface area contributed by atoms with Crippen LogP contribution in [0.25, 0.3) is 0 Å². The summed E-state index contributed by atoms with van der Waals surface area (Å²) < 4.78 is 10.2. The topological polar surface area (TPSA) is 59.3 Å². The summed E-state index contributed by atoms with van der Waals surface area (Å²) in [6.45, 7) is 1.75. The zero-order chi connectivity index (χ0) is 15.1. The third-order valence-electron chi connectivity index (χ3n) is 2.98. The van der Waals surface area contributed by atoms with Crippen molar-refractivity contribution < 1.29 is 14.3 Å². The minimum atomic E-state index is -0.971. The number of hydrogen-bond acceptors (Lipinski definition) is 4. The zero-order valence-corrected chi connectivity index (χ0v) is 11.6. The first-order valence-electron chi connectivity index (χ1n) is 6.57. The van der Waals surface area contributed by atoms with Crippen LogP contribution in [0.15, 0.2) is 60.7 Å². The Kier molecular flexibility index (Phi) is 4.94. The summed E-state index contributed by atoms with van der Waals surface area (Å²) >= 11 is 0. The molecule has 2 rings (SSSR count). The first-order valence-corrected chi connectivity index (χ1v) is 6.57. The number of nitrogens with zero attached hydrogens (tertiary/aromatic N) is 1. The van der Waals surface area contributed by atoms with Gasteiger partial charge in [0.15, 0.2) is 0 Å². The third kappa shape index (κ3) is 4.08. The summed E-state index contributed by atoms with van der Waals surface area (Å²) in [6.07, 6.45) is -2.27. The van der Waals surface area contributed by atoms with Gasteiger partial charge in [-0.25, -0.2) is 4.79 Å². The van der Waals surface area contributed by atoms with Gasteiger partial charge in [0.2, 0.25) is 6.10 Å². The van der Waals surface area contributed by atoms with Crippen LogP contribution in [0.3, 0.4) is 0 Å². The molecular formula is C17H15NO3. The Morgan fingerprint density at radius 3 is 2.00 bits per heavy atom. The second-order valence-corrected chi connectivity index (χ2v) is 4.46. The van der Waals surface area contributed by atoms with Gasteiger partial charge in [0.05, 0.1) is 0 Å². The van der Waals surface area contributed by atoms with E-state index in [1.54, 1.807) is 31.2 Å². The minimum absolute atomic E-state index is 0.436. The van der Waals surface area contributed by atoms with E-state index in [-0.39, 0.29) is 0 Å². The molecule has 0 bridgehead atoms. The Labute approximate surface area is 123 Å². The molecule has 0 radical (unpaired) electrons. The van der Waals surface area contributed by atoms with Gasteiger partial charge in [-0.3, -0.25) is 0 Å². The molecule has 21 heavy (non-hydrogen) atoms. The molecule has 0 amide bonds. The van der Waals surface area contributed by atoms with Gasteiger partial charge in [-0.15, -0.1) is 0 Å². The predicted octanol–water partition coefficient (Wildman–Crippen LogP) is 4.17. The summed E-state index contributed by atoms with van der Waals surface area (Å²) in [5.41, 5.74) is 1.48. The molecule has 0 saturated heterocycles. The van der Waals surface area contributed by atoms with Crippen LogP contribution in [0.1, 0.15) is 30.3 Å². The van der Waals surface area contributed by atoms with Gasteiger partial charge in [0, 0.05) is 5.56 Å². The lowest BCUT2D eigenvalue weighted by Crippen LogP contribution is -2.14. The Morgan fingerprint density at radius 1 is 0.952 bits per heavy atom. The van der Waals surface area contributed by atoms with E-state index in [1.165, 1.54) is 0 Å². The van der Waals surface area contributed by atoms with Crippen molar-refractivity contribution in [3.05, 3.63) is 71.8 Å². The molecule has 0 spiro atoms. The van der Waals surface area contributed by atoms with Gasteiger partial charge in [0.25, 0.3) is 0 Å². The highest BCUT2D eigenvalue weighted by atomic mass is 16.7. The van der Waals surface area contributed by atoms with Gasteiger partial charge in [-0.2, -0.15) is 5.26 Å². The van der Waals surface area contributed by atoms with E-state index in [1.807, 2.05) is 42.5 Å². The number of carbonyl (C=O) groups excluding carboxylic acids is 1. The number of carbonyl (C=O) groups is 1. The second kappa shape index (κ2) is 7.11. The first kappa shape index (κ1) is 14.6. The average molecular weight is 281 g/mol. The molecule has 2 aromatic rings. The van der Waals surface area contributed by atoms with Crippen LogP contribution in [0.5, 0.6) is 0 Å². The first-order chi connectivity index (χ1) is 10.2. The number of benzene rings is 2. The minimum Gasteiger partial charge on any atom is -0.426 e. The molecule has 0 aliphatic heterocycles. The molecule has 2 atom stereocenters. The fourth-order valence-electron chi connectivity index (χ4n) is 1.86. The SMILES string of the molecule is C[C@@H](OC(=O)O[C@@H](C#N)c1ccccc1)c1ccccc1. The largest absolute Gasteiger partial charge is 0.510 e. The number of rotatable bonds is 4. The van der Waals surface area contributed by atoms with E-state index in [4.69, 9.17) is 14.7 Å². The second-order valence-electron chi connectivity index (χ2n) is 4.46. The van der Waals surface area contributed by atoms with Crippen LogP contribution in [0.4, 0.5) is 4.79 Å². The molecule has 106 valence electrons. The van der Waals surface area contributed by atoms with Crippen molar-refractivity contribution in [2.75, 3.05) is 0 Å². The van der Waals surface area contributed by atoms with Crippen LogP contribution in [0.2, 0.25) is 0 Å². The molecule has 4 heteroatoms. The van der Waals surface area contributed by atoms with E-state index in [2.05, 4.69) is 0 Å². The Hall–Kier alpha value is -2.80. The van der Waals surface area contributed by atoms with Crippen LogP contribution in [0, 0.1) is 11.3 Å².